The van der Waals surface area contributed by atoms with Gasteiger partial charge in [-0.25, -0.2) is 4.39 Å². The minimum Gasteiger partial charge on any atom is -0.340 e. The van der Waals surface area contributed by atoms with Crippen LogP contribution < -0.4 is 5.32 Å². The van der Waals surface area contributed by atoms with Crippen molar-refractivity contribution in [2.45, 2.75) is 19.5 Å². The molecule has 0 amide bonds. The molecule has 1 N–H and O–H groups in total. The zero-order valence-electron chi connectivity index (χ0n) is 11.8. The third kappa shape index (κ3) is 2.14. The molecular formula is C18H17FN2. The molecule has 0 saturated carbocycles. The van der Waals surface area contributed by atoms with Crippen molar-refractivity contribution in [2.75, 3.05) is 6.54 Å². The summed E-state index contributed by atoms with van der Waals surface area (Å²) in [5.74, 6) is -0.160. The highest BCUT2D eigenvalue weighted by Crippen LogP contribution is 2.30. The van der Waals surface area contributed by atoms with Crippen LogP contribution in [-0.2, 0) is 19.5 Å². The number of rotatable bonds is 2. The first-order valence-electron chi connectivity index (χ1n) is 7.37. The Bertz CT molecular complexity index is 790. The van der Waals surface area contributed by atoms with Gasteiger partial charge < -0.3 is 9.88 Å². The SMILES string of the molecule is Fc1ccc2c(c1)c1c(n2Cc2ccccc2)CCNC1. The van der Waals surface area contributed by atoms with Crippen LogP contribution in [0.5, 0.6) is 0 Å². The molecule has 1 aliphatic rings. The van der Waals surface area contributed by atoms with Gasteiger partial charge in [-0.3, -0.25) is 0 Å². The molecule has 0 radical (unpaired) electrons. The Morgan fingerprint density at radius 2 is 1.95 bits per heavy atom. The van der Waals surface area contributed by atoms with Crippen LogP contribution in [0.2, 0.25) is 0 Å². The van der Waals surface area contributed by atoms with Gasteiger partial charge in [0.2, 0.25) is 0 Å². The molecule has 0 bridgehead atoms. The Hall–Kier alpha value is -2.13. The summed E-state index contributed by atoms with van der Waals surface area (Å²) in [6.07, 6.45) is 0.998. The number of hydrogen-bond donors (Lipinski definition) is 1. The largest absolute Gasteiger partial charge is 0.340 e. The minimum absolute atomic E-state index is 0.160. The summed E-state index contributed by atoms with van der Waals surface area (Å²) in [6, 6.07) is 15.6. The second-order valence-electron chi connectivity index (χ2n) is 5.59. The van der Waals surface area contributed by atoms with Gasteiger partial charge in [0.05, 0.1) is 0 Å². The van der Waals surface area contributed by atoms with E-state index >= 15 is 0 Å². The van der Waals surface area contributed by atoms with E-state index in [-0.39, 0.29) is 5.82 Å². The maximum Gasteiger partial charge on any atom is 0.123 e. The zero-order valence-corrected chi connectivity index (χ0v) is 11.8. The number of hydrogen-bond acceptors (Lipinski definition) is 1. The molecule has 0 fully saturated rings. The van der Waals surface area contributed by atoms with E-state index in [0.717, 1.165) is 37.0 Å². The molecular weight excluding hydrogens is 263 g/mol. The van der Waals surface area contributed by atoms with Crippen molar-refractivity contribution in [1.29, 1.82) is 0 Å². The zero-order chi connectivity index (χ0) is 14.2. The lowest BCUT2D eigenvalue weighted by Gasteiger charge is -2.17. The van der Waals surface area contributed by atoms with E-state index in [1.165, 1.54) is 16.8 Å². The second kappa shape index (κ2) is 5.01. The number of fused-ring (bicyclic) bond motifs is 3. The quantitative estimate of drug-likeness (QED) is 0.760. The van der Waals surface area contributed by atoms with Crippen molar-refractivity contribution in [3.05, 3.63) is 71.2 Å². The summed E-state index contributed by atoms with van der Waals surface area (Å²) in [5, 5.41) is 4.44. The number of nitrogens with zero attached hydrogens (tertiary/aromatic N) is 1. The highest BCUT2D eigenvalue weighted by Gasteiger charge is 2.20. The fourth-order valence-electron chi connectivity index (χ4n) is 3.30. The standard InChI is InChI=1S/C18H17FN2/c19-14-6-7-17-15(10-14)16-11-20-9-8-18(16)21(17)12-13-4-2-1-3-5-13/h1-7,10,20H,8-9,11-12H2. The molecule has 3 heteroatoms. The van der Waals surface area contributed by atoms with Gasteiger partial charge in [-0.1, -0.05) is 30.3 Å². The van der Waals surface area contributed by atoms with Gasteiger partial charge in [0, 0.05) is 42.7 Å². The predicted octanol–water partition coefficient (Wildman–Crippen LogP) is 3.47. The number of halogens is 1. The van der Waals surface area contributed by atoms with Crippen molar-refractivity contribution in [3.8, 4) is 0 Å². The molecule has 106 valence electrons. The maximum atomic E-state index is 13.6. The van der Waals surface area contributed by atoms with Gasteiger partial charge in [-0.05, 0) is 29.3 Å². The Morgan fingerprint density at radius 3 is 2.81 bits per heavy atom. The molecule has 3 aromatic rings. The van der Waals surface area contributed by atoms with Crippen molar-refractivity contribution >= 4 is 10.9 Å². The molecule has 0 unspecified atom stereocenters. The molecule has 0 spiro atoms. The molecule has 0 aliphatic carbocycles. The van der Waals surface area contributed by atoms with Gasteiger partial charge in [-0.2, -0.15) is 0 Å². The first-order valence-corrected chi connectivity index (χ1v) is 7.37. The Balaban J connectivity index is 1.91. The van der Waals surface area contributed by atoms with Crippen molar-refractivity contribution in [1.82, 2.24) is 9.88 Å². The Morgan fingerprint density at radius 1 is 1.10 bits per heavy atom. The topological polar surface area (TPSA) is 17.0 Å². The van der Waals surface area contributed by atoms with Crippen molar-refractivity contribution in [3.63, 3.8) is 0 Å². The van der Waals surface area contributed by atoms with E-state index in [9.17, 15) is 4.39 Å². The predicted molar refractivity (Wildman–Crippen MR) is 82.9 cm³/mol. The van der Waals surface area contributed by atoms with E-state index in [1.54, 1.807) is 12.1 Å². The van der Waals surface area contributed by atoms with Crippen LogP contribution in [0.4, 0.5) is 4.39 Å². The van der Waals surface area contributed by atoms with Gasteiger partial charge in [-0.15, -0.1) is 0 Å². The van der Waals surface area contributed by atoms with Crippen LogP contribution in [0, 0.1) is 5.82 Å². The molecule has 2 nitrogen and oxygen atoms in total. The van der Waals surface area contributed by atoms with Crippen LogP contribution in [-0.4, -0.2) is 11.1 Å². The molecule has 4 rings (SSSR count). The molecule has 1 aliphatic heterocycles. The monoisotopic (exact) mass is 280 g/mol. The van der Waals surface area contributed by atoms with E-state index in [4.69, 9.17) is 0 Å². The molecule has 0 saturated heterocycles. The lowest BCUT2D eigenvalue weighted by Crippen LogP contribution is -2.24. The van der Waals surface area contributed by atoms with E-state index in [2.05, 4.69) is 34.1 Å². The summed E-state index contributed by atoms with van der Waals surface area (Å²) in [7, 11) is 0. The van der Waals surface area contributed by atoms with Crippen molar-refractivity contribution < 1.29 is 4.39 Å². The van der Waals surface area contributed by atoms with Gasteiger partial charge >= 0.3 is 0 Å². The van der Waals surface area contributed by atoms with Gasteiger partial charge in [0.15, 0.2) is 0 Å². The number of nitrogens with one attached hydrogen (secondary N) is 1. The summed E-state index contributed by atoms with van der Waals surface area (Å²) >= 11 is 0. The molecule has 0 atom stereocenters. The summed E-state index contributed by atoms with van der Waals surface area (Å²) in [5.41, 5.74) is 5.01. The fraction of sp³-hybridized carbons (Fsp3) is 0.222. The lowest BCUT2D eigenvalue weighted by atomic mass is 10.1. The Kier molecular flexibility index (Phi) is 3.00. The van der Waals surface area contributed by atoms with Crippen LogP contribution >= 0.6 is 0 Å². The number of aromatic nitrogens is 1. The van der Waals surface area contributed by atoms with Gasteiger partial charge in [0.1, 0.15) is 5.82 Å². The third-order valence-electron chi connectivity index (χ3n) is 4.27. The molecule has 1 aromatic heterocycles. The average molecular weight is 280 g/mol. The average Bonchev–Trinajstić information content (AvgIpc) is 2.82. The van der Waals surface area contributed by atoms with E-state index < -0.39 is 0 Å². The van der Waals surface area contributed by atoms with Crippen LogP contribution in [0.1, 0.15) is 16.8 Å². The maximum absolute atomic E-state index is 13.6. The molecule has 21 heavy (non-hydrogen) atoms. The van der Waals surface area contributed by atoms with Crippen LogP contribution in [0.15, 0.2) is 48.5 Å². The van der Waals surface area contributed by atoms with Crippen LogP contribution in [0.3, 0.4) is 0 Å². The summed E-state index contributed by atoms with van der Waals surface area (Å²) in [4.78, 5) is 0. The van der Waals surface area contributed by atoms with E-state index in [0.29, 0.717) is 0 Å². The summed E-state index contributed by atoms with van der Waals surface area (Å²) in [6.45, 7) is 2.66. The van der Waals surface area contributed by atoms with E-state index in [1.807, 2.05) is 12.1 Å². The van der Waals surface area contributed by atoms with Crippen molar-refractivity contribution in [2.24, 2.45) is 0 Å². The third-order valence-corrected chi connectivity index (χ3v) is 4.27. The first-order chi connectivity index (χ1) is 10.3. The fourth-order valence-corrected chi connectivity index (χ4v) is 3.30. The number of benzene rings is 2. The highest BCUT2D eigenvalue weighted by molar-refractivity contribution is 5.86. The lowest BCUT2D eigenvalue weighted by molar-refractivity contribution is 0.611. The summed E-state index contributed by atoms with van der Waals surface area (Å²) < 4.78 is 16.0. The molecule has 2 heterocycles. The first kappa shape index (κ1) is 12.6. The van der Waals surface area contributed by atoms with Gasteiger partial charge in [0.25, 0.3) is 0 Å². The smallest absolute Gasteiger partial charge is 0.123 e. The molecule has 2 aromatic carbocycles. The van der Waals surface area contributed by atoms with Crippen LogP contribution in [0.25, 0.3) is 10.9 Å². The second-order valence-corrected chi connectivity index (χ2v) is 5.59. The minimum atomic E-state index is -0.160. The highest BCUT2D eigenvalue weighted by atomic mass is 19.1. The Labute approximate surface area is 123 Å². The normalized spacial score (nSPS) is 14.3.